The van der Waals surface area contributed by atoms with Crippen LogP contribution in [0.25, 0.3) is 0 Å². The smallest absolute Gasteiger partial charge is 0.119 e. The second kappa shape index (κ2) is 7.42. The molecule has 18 heavy (non-hydrogen) atoms. The summed E-state index contributed by atoms with van der Waals surface area (Å²) < 4.78 is 5.55. The van der Waals surface area contributed by atoms with Gasteiger partial charge in [0.15, 0.2) is 0 Å². The molecule has 2 N–H and O–H groups in total. The van der Waals surface area contributed by atoms with Crippen LogP contribution in [0.15, 0.2) is 24.3 Å². The van der Waals surface area contributed by atoms with Gasteiger partial charge < -0.3 is 10.5 Å². The Morgan fingerprint density at radius 3 is 2.83 bits per heavy atom. The van der Waals surface area contributed by atoms with E-state index in [0.29, 0.717) is 13.2 Å². The first-order valence-corrected chi connectivity index (χ1v) is 7.30. The quantitative estimate of drug-likeness (QED) is 0.800. The highest BCUT2D eigenvalue weighted by atomic mass is 16.5. The van der Waals surface area contributed by atoms with Crippen LogP contribution in [0.5, 0.6) is 5.75 Å². The zero-order valence-corrected chi connectivity index (χ0v) is 11.2. The molecular formula is C16H25NO. The maximum absolute atomic E-state index is 5.55. The Morgan fingerprint density at radius 2 is 2.06 bits per heavy atom. The molecule has 0 unspecified atom stereocenters. The van der Waals surface area contributed by atoms with Crippen molar-refractivity contribution in [3.63, 3.8) is 0 Å². The predicted molar refractivity (Wildman–Crippen MR) is 75.9 cm³/mol. The summed E-state index contributed by atoms with van der Waals surface area (Å²) in [6.07, 6.45) is 9.70. The average molecular weight is 247 g/mol. The third-order valence-corrected chi connectivity index (χ3v) is 3.84. The van der Waals surface area contributed by atoms with Gasteiger partial charge in [0.25, 0.3) is 0 Å². The minimum atomic E-state index is 0.575. The molecule has 1 aliphatic rings. The largest absolute Gasteiger partial charge is 0.492 e. The Hall–Kier alpha value is -1.02. The summed E-state index contributed by atoms with van der Waals surface area (Å²) in [5.74, 6) is 1.96. The average Bonchev–Trinajstić information content (AvgIpc) is 2.90. The number of benzene rings is 1. The van der Waals surface area contributed by atoms with Gasteiger partial charge in [-0.1, -0.05) is 44.2 Å². The highest BCUT2D eigenvalue weighted by Gasteiger charge is 2.14. The van der Waals surface area contributed by atoms with E-state index in [1.54, 1.807) is 0 Å². The van der Waals surface area contributed by atoms with E-state index in [9.17, 15) is 0 Å². The molecule has 1 fully saturated rings. The minimum Gasteiger partial charge on any atom is -0.492 e. The highest BCUT2D eigenvalue weighted by Crippen LogP contribution is 2.29. The third kappa shape index (κ3) is 4.34. The number of rotatable bonds is 7. The number of nitrogens with two attached hydrogens (primary N) is 1. The van der Waals surface area contributed by atoms with Crippen LogP contribution in [0, 0.1) is 5.92 Å². The third-order valence-electron chi connectivity index (χ3n) is 3.84. The van der Waals surface area contributed by atoms with Gasteiger partial charge in [0.05, 0.1) is 0 Å². The lowest BCUT2D eigenvalue weighted by molar-refractivity contribution is 0.328. The van der Waals surface area contributed by atoms with E-state index in [-0.39, 0.29) is 0 Å². The monoisotopic (exact) mass is 247 g/mol. The molecule has 0 spiro atoms. The molecule has 2 nitrogen and oxygen atoms in total. The Morgan fingerprint density at radius 1 is 1.22 bits per heavy atom. The second-order valence-electron chi connectivity index (χ2n) is 5.33. The van der Waals surface area contributed by atoms with E-state index in [4.69, 9.17) is 10.5 Å². The molecular weight excluding hydrogens is 222 g/mol. The van der Waals surface area contributed by atoms with Crippen LogP contribution in [-0.4, -0.2) is 13.2 Å². The van der Waals surface area contributed by atoms with Crippen molar-refractivity contribution in [3.05, 3.63) is 29.8 Å². The van der Waals surface area contributed by atoms with Gasteiger partial charge in [-0.15, -0.1) is 0 Å². The fourth-order valence-corrected chi connectivity index (χ4v) is 2.86. The molecule has 1 saturated carbocycles. The van der Waals surface area contributed by atoms with Gasteiger partial charge in [-0.25, -0.2) is 0 Å². The lowest BCUT2D eigenvalue weighted by Gasteiger charge is -2.09. The summed E-state index contributed by atoms with van der Waals surface area (Å²) in [4.78, 5) is 0. The van der Waals surface area contributed by atoms with Crippen LogP contribution in [-0.2, 0) is 6.42 Å². The molecule has 0 saturated heterocycles. The maximum atomic E-state index is 5.55. The van der Waals surface area contributed by atoms with Gasteiger partial charge in [0.1, 0.15) is 12.4 Å². The Labute approximate surface area is 111 Å². The molecule has 0 heterocycles. The van der Waals surface area contributed by atoms with Gasteiger partial charge in [-0.05, 0) is 36.5 Å². The van der Waals surface area contributed by atoms with Crippen LogP contribution in [0.1, 0.15) is 44.1 Å². The Kier molecular flexibility index (Phi) is 5.53. The van der Waals surface area contributed by atoms with E-state index < -0.39 is 0 Å². The fourth-order valence-electron chi connectivity index (χ4n) is 2.86. The van der Waals surface area contributed by atoms with Crippen LogP contribution in [0.3, 0.4) is 0 Å². The van der Waals surface area contributed by atoms with Crippen LogP contribution in [0.4, 0.5) is 0 Å². The zero-order valence-electron chi connectivity index (χ0n) is 11.2. The first kappa shape index (κ1) is 13.4. The van der Waals surface area contributed by atoms with Crippen molar-refractivity contribution >= 4 is 0 Å². The molecule has 0 radical (unpaired) electrons. The molecule has 2 heteroatoms. The predicted octanol–water partition coefficient (Wildman–Crippen LogP) is 3.54. The first-order chi connectivity index (χ1) is 8.88. The molecule has 0 aliphatic heterocycles. The van der Waals surface area contributed by atoms with Crippen LogP contribution in [0.2, 0.25) is 0 Å². The summed E-state index contributed by atoms with van der Waals surface area (Å²) in [6, 6.07) is 8.45. The molecule has 1 aliphatic carbocycles. The summed E-state index contributed by atoms with van der Waals surface area (Å²) in [7, 11) is 0. The summed E-state index contributed by atoms with van der Waals surface area (Å²) in [5, 5.41) is 0. The minimum absolute atomic E-state index is 0.575. The molecule has 0 amide bonds. The molecule has 2 rings (SSSR count). The van der Waals surface area contributed by atoms with Crippen molar-refractivity contribution in [2.45, 2.75) is 44.9 Å². The van der Waals surface area contributed by atoms with Gasteiger partial charge >= 0.3 is 0 Å². The zero-order chi connectivity index (χ0) is 12.6. The van der Waals surface area contributed by atoms with Crippen molar-refractivity contribution in [3.8, 4) is 5.75 Å². The van der Waals surface area contributed by atoms with Crippen molar-refractivity contribution < 1.29 is 4.74 Å². The van der Waals surface area contributed by atoms with E-state index in [0.717, 1.165) is 11.7 Å². The highest BCUT2D eigenvalue weighted by molar-refractivity contribution is 5.28. The lowest BCUT2D eigenvalue weighted by Crippen LogP contribution is -2.10. The van der Waals surface area contributed by atoms with Crippen molar-refractivity contribution in [1.82, 2.24) is 0 Å². The molecule has 1 aromatic carbocycles. The summed E-state index contributed by atoms with van der Waals surface area (Å²) in [6.45, 7) is 1.18. The van der Waals surface area contributed by atoms with E-state index in [2.05, 4.69) is 18.2 Å². The molecule has 0 atom stereocenters. The van der Waals surface area contributed by atoms with Crippen LogP contribution < -0.4 is 10.5 Å². The standard InChI is InChI=1S/C16H25NO/c17-11-12-18-16-10-4-9-15(13-16)8-3-7-14-5-1-2-6-14/h4,9-10,13-14H,1-3,5-8,11-12,17H2. The van der Waals surface area contributed by atoms with Gasteiger partial charge in [0, 0.05) is 6.54 Å². The Balaban J connectivity index is 1.74. The number of ether oxygens (including phenoxy) is 1. The van der Waals surface area contributed by atoms with E-state index in [1.165, 1.54) is 50.5 Å². The van der Waals surface area contributed by atoms with Crippen LogP contribution >= 0.6 is 0 Å². The number of hydrogen-bond donors (Lipinski definition) is 1. The summed E-state index contributed by atoms with van der Waals surface area (Å²) in [5.41, 5.74) is 6.83. The van der Waals surface area contributed by atoms with Crippen molar-refractivity contribution in [2.24, 2.45) is 11.7 Å². The number of hydrogen-bond acceptors (Lipinski definition) is 2. The second-order valence-corrected chi connectivity index (χ2v) is 5.33. The molecule has 0 bridgehead atoms. The maximum Gasteiger partial charge on any atom is 0.119 e. The number of aryl methyl sites for hydroxylation is 1. The van der Waals surface area contributed by atoms with Gasteiger partial charge in [-0.3, -0.25) is 0 Å². The SMILES string of the molecule is NCCOc1cccc(CCCC2CCCC2)c1. The van der Waals surface area contributed by atoms with E-state index in [1.807, 2.05) is 6.07 Å². The lowest BCUT2D eigenvalue weighted by atomic mass is 9.98. The van der Waals surface area contributed by atoms with Gasteiger partial charge in [0.2, 0.25) is 0 Å². The molecule has 1 aromatic rings. The first-order valence-electron chi connectivity index (χ1n) is 7.30. The van der Waals surface area contributed by atoms with Crippen molar-refractivity contribution in [1.29, 1.82) is 0 Å². The topological polar surface area (TPSA) is 35.2 Å². The van der Waals surface area contributed by atoms with E-state index >= 15 is 0 Å². The molecule has 0 aromatic heterocycles. The Bertz CT molecular complexity index is 345. The van der Waals surface area contributed by atoms with Crippen molar-refractivity contribution in [2.75, 3.05) is 13.2 Å². The molecule has 100 valence electrons. The summed E-state index contributed by atoms with van der Waals surface area (Å²) >= 11 is 0. The van der Waals surface area contributed by atoms with Gasteiger partial charge in [-0.2, -0.15) is 0 Å². The normalized spacial score (nSPS) is 16.1. The fraction of sp³-hybridized carbons (Fsp3) is 0.625.